The minimum Gasteiger partial charge on any atom is -0.496 e. The summed E-state index contributed by atoms with van der Waals surface area (Å²) < 4.78 is 15.6. The van der Waals surface area contributed by atoms with E-state index in [4.69, 9.17) is 14.2 Å². The lowest BCUT2D eigenvalue weighted by atomic mass is 10.1. The lowest BCUT2D eigenvalue weighted by Crippen LogP contribution is -2.19. The van der Waals surface area contributed by atoms with Gasteiger partial charge in [0.05, 0.1) is 21.0 Å². The van der Waals surface area contributed by atoms with Gasteiger partial charge in [0.1, 0.15) is 11.5 Å². The molecule has 4 heteroatoms. The van der Waals surface area contributed by atoms with Crippen LogP contribution in [-0.2, 0) is 11.2 Å². The molecule has 0 bridgehead atoms. The van der Waals surface area contributed by atoms with Gasteiger partial charge < -0.3 is 14.2 Å². The van der Waals surface area contributed by atoms with Crippen LogP contribution in [0, 0.1) is 6.92 Å². The zero-order valence-corrected chi connectivity index (χ0v) is 11.0. The second-order valence-corrected chi connectivity index (χ2v) is 3.77. The fourth-order valence-electron chi connectivity index (χ4n) is 1.83. The average Bonchev–Trinajstić information content (AvgIpc) is 2.35. The molecule has 0 unspecified atom stereocenters. The van der Waals surface area contributed by atoms with E-state index in [2.05, 4.69) is 5.32 Å². The molecule has 0 aliphatic rings. The molecule has 0 amide bonds. The lowest BCUT2D eigenvalue weighted by Gasteiger charge is -2.14. The molecule has 0 aromatic heterocycles. The molecule has 0 saturated heterocycles. The Balaban J connectivity index is 2.74. The highest BCUT2D eigenvalue weighted by Gasteiger charge is 2.10. The summed E-state index contributed by atoms with van der Waals surface area (Å²) in [6.07, 6.45) is 0.900. The second kappa shape index (κ2) is 7.14. The Kier molecular flexibility index (Phi) is 5.80. The molecule has 1 rings (SSSR count). The summed E-state index contributed by atoms with van der Waals surface area (Å²) in [5.41, 5.74) is 2.22. The molecule has 96 valence electrons. The normalized spacial score (nSPS) is 10.4. The molecule has 17 heavy (non-hydrogen) atoms. The third-order valence-corrected chi connectivity index (χ3v) is 2.68. The van der Waals surface area contributed by atoms with E-state index in [1.54, 1.807) is 21.3 Å². The molecule has 1 aromatic carbocycles. The number of hydrogen-bond donors (Lipinski definition) is 1. The molecule has 0 fully saturated rings. The van der Waals surface area contributed by atoms with Crippen molar-refractivity contribution in [1.82, 2.24) is 5.32 Å². The van der Waals surface area contributed by atoms with Crippen LogP contribution in [0.1, 0.15) is 11.1 Å². The van der Waals surface area contributed by atoms with Gasteiger partial charge in [0.2, 0.25) is 0 Å². The van der Waals surface area contributed by atoms with Crippen LogP contribution in [0.4, 0.5) is 0 Å². The molecule has 0 atom stereocenters. The first-order chi connectivity index (χ1) is 8.24. The van der Waals surface area contributed by atoms with Crippen molar-refractivity contribution in [2.24, 2.45) is 0 Å². The zero-order chi connectivity index (χ0) is 12.7. The number of hydrogen-bond acceptors (Lipinski definition) is 4. The predicted octanol–water partition coefficient (Wildman–Crippen LogP) is 1.75. The molecule has 0 radical (unpaired) electrons. The van der Waals surface area contributed by atoms with Gasteiger partial charge in [0.15, 0.2) is 0 Å². The number of rotatable bonds is 7. The Bertz CT molecular complexity index is 353. The van der Waals surface area contributed by atoms with Crippen molar-refractivity contribution in [1.29, 1.82) is 0 Å². The molecule has 1 aromatic rings. The minimum absolute atomic E-state index is 0.567. The first-order valence-corrected chi connectivity index (χ1v) is 5.64. The van der Waals surface area contributed by atoms with Crippen LogP contribution in [0.2, 0.25) is 0 Å². The van der Waals surface area contributed by atoms with Crippen LogP contribution in [0.15, 0.2) is 12.1 Å². The SMILES string of the molecule is COCNCCc1ccc(OC)c(C)c1OC. The highest BCUT2D eigenvalue weighted by atomic mass is 16.5. The maximum Gasteiger partial charge on any atom is 0.128 e. The molecular formula is C13H21NO3. The Morgan fingerprint density at radius 1 is 1.12 bits per heavy atom. The van der Waals surface area contributed by atoms with Crippen LogP contribution in [0.5, 0.6) is 11.5 Å². The molecule has 0 aliphatic heterocycles. The van der Waals surface area contributed by atoms with Crippen LogP contribution in [0.25, 0.3) is 0 Å². The van der Waals surface area contributed by atoms with E-state index in [0.29, 0.717) is 6.73 Å². The minimum atomic E-state index is 0.567. The van der Waals surface area contributed by atoms with Crippen molar-refractivity contribution < 1.29 is 14.2 Å². The summed E-state index contributed by atoms with van der Waals surface area (Å²) in [6, 6.07) is 4.02. The van der Waals surface area contributed by atoms with E-state index < -0.39 is 0 Å². The molecule has 4 nitrogen and oxygen atoms in total. The van der Waals surface area contributed by atoms with Crippen LogP contribution < -0.4 is 14.8 Å². The number of nitrogens with one attached hydrogen (secondary N) is 1. The van der Waals surface area contributed by atoms with Gasteiger partial charge in [-0.05, 0) is 25.0 Å². The van der Waals surface area contributed by atoms with Gasteiger partial charge in [-0.1, -0.05) is 6.07 Å². The van der Waals surface area contributed by atoms with Crippen molar-refractivity contribution in [2.45, 2.75) is 13.3 Å². The summed E-state index contributed by atoms with van der Waals surface area (Å²) in [5, 5.41) is 3.17. The van der Waals surface area contributed by atoms with Crippen molar-refractivity contribution in [2.75, 3.05) is 34.6 Å². The average molecular weight is 239 g/mol. The van der Waals surface area contributed by atoms with Gasteiger partial charge in [-0.3, -0.25) is 5.32 Å². The summed E-state index contributed by atoms with van der Waals surface area (Å²) in [4.78, 5) is 0. The van der Waals surface area contributed by atoms with E-state index in [-0.39, 0.29) is 0 Å². The lowest BCUT2D eigenvalue weighted by molar-refractivity contribution is 0.176. The quantitative estimate of drug-likeness (QED) is 0.581. The van der Waals surface area contributed by atoms with E-state index >= 15 is 0 Å². The zero-order valence-electron chi connectivity index (χ0n) is 11.0. The maximum absolute atomic E-state index is 5.44. The number of ether oxygens (including phenoxy) is 3. The number of methoxy groups -OCH3 is 3. The van der Waals surface area contributed by atoms with Gasteiger partial charge >= 0.3 is 0 Å². The van der Waals surface area contributed by atoms with Crippen LogP contribution in [0.3, 0.4) is 0 Å². The van der Waals surface area contributed by atoms with Crippen molar-refractivity contribution >= 4 is 0 Å². The molecular weight excluding hydrogens is 218 g/mol. The van der Waals surface area contributed by atoms with Crippen LogP contribution in [-0.4, -0.2) is 34.6 Å². The number of benzene rings is 1. The first-order valence-electron chi connectivity index (χ1n) is 5.64. The molecule has 0 spiro atoms. The maximum atomic E-state index is 5.44. The molecule has 1 N–H and O–H groups in total. The van der Waals surface area contributed by atoms with Gasteiger partial charge in [-0.25, -0.2) is 0 Å². The summed E-state index contributed by atoms with van der Waals surface area (Å²) >= 11 is 0. The first kappa shape index (κ1) is 13.8. The van der Waals surface area contributed by atoms with Gasteiger partial charge in [0.25, 0.3) is 0 Å². The molecule has 0 saturated carbocycles. The fourth-order valence-corrected chi connectivity index (χ4v) is 1.83. The Hall–Kier alpha value is -1.26. The largest absolute Gasteiger partial charge is 0.496 e. The van der Waals surface area contributed by atoms with E-state index in [0.717, 1.165) is 30.0 Å². The van der Waals surface area contributed by atoms with Gasteiger partial charge in [0, 0.05) is 19.2 Å². The van der Waals surface area contributed by atoms with Crippen molar-refractivity contribution in [3.63, 3.8) is 0 Å². The molecule has 0 heterocycles. The standard InChI is InChI=1S/C13H21NO3/c1-10-12(16-3)6-5-11(13(10)17-4)7-8-14-9-15-2/h5-6,14H,7-9H2,1-4H3. The summed E-state index contributed by atoms with van der Waals surface area (Å²) in [5.74, 6) is 1.76. The third-order valence-electron chi connectivity index (χ3n) is 2.68. The van der Waals surface area contributed by atoms with Crippen molar-refractivity contribution in [3.8, 4) is 11.5 Å². The third kappa shape index (κ3) is 3.61. The van der Waals surface area contributed by atoms with Crippen LogP contribution >= 0.6 is 0 Å². The summed E-state index contributed by atoms with van der Waals surface area (Å²) in [6.45, 7) is 3.43. The molecule has 0 aliphatic carbocycles. The van der Waals surface area contributed by atoms with E-state index in [9.17, 15) is 0 Å². The Labute approximate surface area is 103 Å². The topological polar surface area (TPSA) is 39.7 Å². The second-order valence-electron chi connectivity index (χ2n) is 3.77. The fraction of sp³-hybridized carbons (Fsp3) is 0.538. The highest BCUT2D eigenvalue weighted by Crippen LogP contribution is 2.31. The van der Waals surface area contributed by atoms with Crippen molar-refractivity contribution in [3.05, 3.63) is 23.3 Å². The van der Waals surface area contributed by atoms with E-state index in [1.807, 2.05) is 19.1 Å². The smallest absolute Gasteiger partial charge is 0.128 e. The van der Waals surface area contributed by atoms with Gasteiger partial charge in [-0.2, -0.15) is 0 Å². The van der Waals surface area contributed by atoms with Gasteiger partial charge in [-0.15, -0.1) is 0 Å². The predicted molar refractivity (Wildman–Crippen MR) is 67.9 cm³/mol. The highest BCUT2D eigenvalue weighted by molar-refractivity contribution is 5.49. The monoisotopic (exact) mass is 239 g/mol. The summed E-state index contributed by atoms with van der Waals surface area (Å²) in [7, 11) is 5.03. The van der Waals surface area contributed by atoms with E-state index in [1.165, 1.54) is 5.56 Å². The Morgan fingerprint density at radius 3 is 2.47 bits per heavy atom. The Morgan fingerprint density at radius 2 is 1.88 bits per heavy atom.